The topological polar surface area (TPSA) is 21.3 Å². The molecule has 0 aromatic rings. The minimum atomic E-state index is -0.0141. The zero-order chi connectivity index (χ0) is 9.31. The van der Waals surface area contributed by atoms with Crippen molar-refractivity contribution < 1.29 is 4.74 Å². The first-order valence-electron chi connectivity index (χ1n) is 5.62. The minimum Gasteiger partial charge on any atom is -0.359 e. The van der Waals surface area contributed by atoms with Crippen LogP contribution in [0.2, 0.25) is 0 Å². The Kier molecular flexibility index (Phi) is 2.61. The largest absolute Gasteiger partial charge is 0.359 e. The lowest BCUT2D eigenvalue weighted by Gasteiger charge is -2.36. The van der Waals surface area contributed by atoms with E-state index in [0.717, 1.165) is 12.5 Å². The molecule has 2 nitrogen and oxygen atoms in total. The average molecular weight is 183 g/mol. The van der Waals surface area contributed by atoms with Gasteiger partial charge in [-0.25, -0.2) is 0 Å². The van der Waals surface area contributed by atoms with Gasteiger partial charge in [-0.15, -0.1) is 0 Å². The number of nitrogens with one attached hydrogen (secondary N) is 1. The first kappa shape index (κ1) is 9.47. The van der Waals surface area contributed by atoms with Gasteiger partial charge in [0.1, 0.15) is 5.72 Å². The van der Waals surface area contributed by atoms with E-state index in [0.29, 0.717) is 6.04 Å². The van der Waals surface area contributed by atoms with Gasteiger partial charge in [0.25, 0.3) is 0 Å². The SMILES string of the molecule is CC1COC(C)(C2CCCCC2)N1. The molecule has 0 aromatic carbocycles. The highest BCUT2D eigenvalue weighted by atomic mass is 16.5. The van der Waals surface area contributed by atoms with Gasteiger partial charge in [0.15, 0.2) is 0 Å². The molecule has 1 saturated carbocycles. The molecule has 0 bridgehead atoms. The molecule has 2 atom stereocenters. The maximum Gasteiger partial charge on any atom is 0.119 e. The van der Waals surface area contributed by atoms with E-state index in [-0.39, 0.29) is 5.72 Å². The minimum absolute atomic E-state index is 0.0141. The van der Waals surface area contributed by atoms with E-state index >= 15 is 0 Å². The quantitative estimate of drug-likeness (QED) is 0.673. The third-order valence-corrected chi connectivity index (χ3v) is 3.55. The second-order valence-electron chi connectivity index (χ2n) is 4.80. The number of hydrogen-bond donors (Lipinski definition) is 1. The fourth-order valence-electron chi connectivity index (χ4n) is 2.76. The summed E-state index contributed by atoms with van der Waals surface area (Å²) in [7, 11) is 0. The van der Waals surface area contributed by atoms with Gasteiger partial charge in [-0.05, 0) is 26.7 Å². The first-order chi connectivity index (χ1) is 6.21. The van der Waals surface area contributed by atoms with Crippen molar-refractivity contribution in [3.05, 3.63) is 0 Å². The summed E-state index contributed by atoms with van der Waals surface area (Å²) in [6, 6.07) is 0.534. The van der Waals surface area contributed by atoms with Gasteiger partial charge in [-0.2, -0.15) is 0 Å². The third kappa shape index (κ3) is 1.89. The van der Waals surface area contributed by atoms with E-state index in [4.69, 9.17) is 4.74 Å². The zero-order valence-electron chi connectivity index (χ0n) is 8.81. The van der Waals surface area contributed by atoms with Crippen LogP contribution in [0.25, 0.3) is 0 Å². The van der Waals surface area contributed by atoms with Crippen molar-refractivity contribution in [3.8, 4) is 0 Å². The summed E-state index contributed by atoms with van der Waals surface area (Å²) in [5.41, 5.74) is -0.0141. The van der Waals surface area contributed by atoms with E-state index in [1.807, 2.05) is 0 Å². The van der Waals surface area contributed by atoms with Gasteiger partial charge in [0.2, 0.25) is 0 Å². The van der Waals surface area contributed by atoms with Crippen LogP contribution in [-0.4, -0.2) is 18.4 Å². The lowest BCUT2D eigenvalue weighted by molar-refractivity contribution is -0.0545. The van der Waals surface area contributed by atoms with E-state index in [1.54, 1.807) is 0 Å². The molecule has 2 heteroatoms. The van der Waals surface area contributed by atoms with E-state index in [2.05, 4.69) is 19.2 Å². The van der Waals surface area contributed by atoms with Crippen LogP contribution in [0, 0.1) is 5.92 Å². The normalized spacial score (nSPS) is 42.5. The molecule has 2 rings (SSSR count). The van der Waals surface area contributed by atoms with Crippen LogP contribution in [0.4, 0.5) is 0 Å². The smallest absolute Gasteiger partial charge is 0.119 e. The third-order valence-electron chi connectivity index (χ3n) is 3.55. The molecule has 1 saturated heterocycles. The fraction of sp³-hybridized carbons (Fsp3) is 1.00. The van der Waals surface area contributed by atoms with Gasteiger partial charge in [-0.1, -0.05) is 19.3 Å². The van der Waals surface area contributed by atoms with Gasteiger partial charge < -0.3 is 4.74 Å². The molecule has 0 aromatic heterocycles. The zero-order valence-corrected chi connectivity index (χ0v) is 8.81. The molecule has 1 heterocycles. The number of rotatable bonds is 1. The van der Waals surface area contributed by atoms with Crippen molar-refractivity contribution in [2.24, 2.45) is 5.92 Å². The summed E-state index contributed by atoms with van der Waals surface area (Å²) in [5.74, 6) is 0.742. The highest BCUT2D eigenvalue weighted by molar-refractivity contribution is 4.90. The molecule has 76 valence electrons. The van der Waals surface area contributed by atoms with Gasteiger partial charge >= 0.3 is 0 Å². The standard InChI is InChI=1S/C11H21NO/c1-9-8-13-11(2,12-9)10-6-4-3-5-7-10/h9-10,12H,3-8H2,1-2H3. The maximum absolute atomic E-state index is 5.88. The Balaban J connectivity index is 1.97. The van der Waals surface area contributed by atoms with Crippen LogP contribution in [0.5, 0.6) is 0 Å². The Morgan fingerprint density at radius 2 is 1.92 bits per heavy atom. The molecule has 2 aliphatic rings. The average Bonchev–Trinajstić information content (AvgIpc) is 2.49. The van der Waals surface area contributed by atoms with Gasteiger partial charge in [0, 0.05) is 12.0 Å². The summed E-state index contributed by atoms with van der Waals surface area (Å²) in [4.78, 5) is 0. The highest BCUT2D eigenvalue weighted by Gasteiger charge is 2.40. The first-order valence-corrected chi connectivity index (χ1v) is 5.62. The lowest BCUT2D eigenvalue weighted by atomic mass is 9.82. The van der Waals surface area contributed by atoms with Crippen LogP contribution in [-0.2, 0) is 4.74 Å². The van der Waals surface area contributed by atoms with Gasteiger partial charge in [0.05, 0.1) is 6.61 Å². The molecule has 1 aliphatic carbocycles. The van der Waals surface area contributed by atoms with Crippen LogP contribution in [0.15, 0.2) is 0 Å². The van der Waals surface area contributed by atoms with Crippen molar-refractivity contribution in [1.82, 2.24) is 5.32 Å². The van der Waals surface area contributed by atoms with Crippen molar-refractivity contribution in [1.29, 1.82) is 0 Å². The molecule has 2 unspecified atom stereocenters. The molecular weight excluding hydrogens is 162 g/mol. The Hall–Kier alpha value is -0.0800. The Bertz CT molecular complexity index is 177. The maximum atomic E-state index is 5.88. The van der Waals surface area contributed by atoms with E-state index < -0.39 is 0 Å². The fourth-order valence-corrected chi connectivity index (χ4v) is 2.76. The van der Waals surface area contributed by atoms with E-state index in [9.17, 15) is 0 Å². The Morgan fingerprint density at radius 1 is 1.23 bits per heavy atom. The van der Waals surface area contributed by atoms with Gasteiger partial charge in [-0.3, -0.25) is 5.32 Å². The molecule has 0 radical (unpaired) electrons. The van der Waals surface area contributed by atoms with Crippen molar-refractivity contribution in [2.75, 3.05) is 6.61 Å². The molecule has 2 fully saturated rings. The molecule has 1 aliphatic heterocycles. The molecule has 1 N–H and O–H groups in total. The highest BCUT2D eigenvalue weighted by Crippen LogP contribution is 2.35. The van der Waals surface area contributed by atoms with Crippen molar-refractivity contribution >= 4 is 0 Å². The Morgan fingerprint density at radius 3 is 2.46 bits per heavy atom. The summed E-state index contributed by atoms with van der Waals surface area (Å²) >= 11 is 0. The van der Waals surface area contributed by atoms with Crippen LogP contribution in [0.3, 0.4) is 0 Å². The molecule has 0 amide bonds. The summed E-state index contributed by atoms with van der Waals surface area (Å²) in [6.45, 7) is 5.31. The predicted molar refractivity (Wildman–Crippen MR) is 53.5 cm³/mol. The van der Waals surface area contributed by atoms with E-state index in [1.165, 1.54) is 32.1 Å². The number of hydrogen-bond acceptors (Lipinski definition) is 2. The predicted octanol–water partition coefficient (Wildman–Crippen LogP) is 2.29. The molecule has 13 heavy (non-hydrogen) atoms. The van der Waals surface area contributed by atoms with Crippen LogP contribution >= 0.6 is 0 Å². The number of ether oxygens (including phenoxy) is 1. The second kappa shape index (κ2) is 3.58. The second-order valence-corrected chi connectivity index (χ2v) is 4.80. The van der Waals surface area contributed by atoms with Crippen molar-refractivity contribution in [2.45, 2.75) is 57.7 Å². The van der Waals surface area contributed by atoms with Crippen LogP contribution < -0.4 is 5.32 Å². The lowest BCUT2D eigenvalue weighted by Crippen LogP contribution is -2.47. The molecule has 0 spiro atoms. The van der Waals surface area contributed by atoms with Crippen LogP contribution in [0.1, 0.15) is 46.0 Å². The summed E-state index contributed by atoms with van der Waals surface area (Å²) < 4.78 is 5.88. The van der Waals surface area contributed by atoms with Crippen molar-refractivity contribution in [3.63, 3.8) is 0 Å². The summed E-state index contributed by atoms with van der Waals surface area (Å²) in [5, 5.41) is 3.58. The monoisotopic (exact) mass is 183 g/mol. The molecular formula is C11H21NO. The Labute approximate surface area is 81.0 Å². The summed E-state index contributed by atoms with van der Waals surface area (Å²) in [6.07, 6.45) is 6.88.